The van der Waals surface area contributed by atoms with Gasteiger partial charge in [-0.3, -0.25) is 19.6 Å². The smallest absolute Gasteiger partial charge is 0.257 e. The number of unbranched alkanes of at least 4 members (excludes halogenated alkanes) is 2. The highest BCUT2D eigenvalue weighted by molar-refractivity contribution is 6.35. The van der Waals surface area contributed by atoms with Crippen molar-refractivity contribution >= 4 is 46.5 Å². The number of nitrogens with zero attached hydrogens (tertiary/aromatic N) is 2. The second kappa shape index (κ2) is 15.7. The van der Waals surface area contributed by atoms with Crippen LogP contribution in [0.15, 0.2) is 76.7 Å². The van der Waals surface area contributed by atoms with Crippen LogP contribution in [0.1, 0.15) is 84.2 Å². The van der Waals surface area contributed by atoms with Gasteiger partial charge in [-0.2, -0.15) is 0 Å². The van der Waals surface area contributed by atoms with Gasteiger partial charge < -0.3 is 21.3 Å². The van der Waals surface area contributed by atoms with Gasteiger partial charge in [-0.1, -0.05) is 51.1 Å². The first kappa shape index (κ1) is 32.2. The third-order valence-corrected chi connectivity index (χ3v) is 8.68. The first-order chi connectivity index (χ1) is 21.9. The minimum absolute atomic E-state index is 0.198. The summed E-state index contributed by atoms with van der Waals surface area (Å²) in [6, 6.07) is 19.9. The van der Waals surface area contributed by atoms with Crippen LogP contribution >= 0.6 is 11.6 Å². The van der Waals surface area contributed by atoms with Crippen molar-refractivity contribution in [1.82, 2.24) is 10.6 Å². The van der Waals surface area contributed by atoms with Crippen LogP contribution < -0.4 is 21.3 Å². The van der Waals surface area contributed by atoms with E-state index in [1.54, 1.807) is 12.1 Å². The van der Waals surface area contributed by atoms with Gasteiger partial charge in [0.15, 0.2) is 0 Å². The quantitative estimate of drug-likeness (QED) is 0.171. The topological polar surface area (TPSA) is 107 Å². The van der Waals surface area contributed by atoms with Crippen molar-refractivity contribution in [3.8, 4) is 0 Å². The molecular weight excluding hydrogens is 584 g/mol. The predicted molar refractivity (Wildman–Crippen MR) is 185 cm³/mol. The van der Waals surface area contributed by atoms with E-state index in [1.807, 2.05) is 48.5 Å². The monoisotopic (exact) mass is 626 g/mol. The second-order valence-electron chi connectivity index (χ2n) is 11.9. The van der Waals surface area contributed by atoms with E-state index in [9.17, 15) is 9.59 Å². The third-order valence-electron chi connectivity index (χ3n) is 8.37. The Hall–Kier alpha value is -4.17. The largest absolute Gasteiger partial charge is 0.370 e. The lowest BCUT2D eigenvalue weighted by atomic mass is 10.0. The summed E-state index contributed by atoms with van der Waals surface area (Å²) >= 11 is 6.47. The van der Waals surface area contributed by atoms with Gasteiger partial charge in [-0.25, -0.2) is 0 Å². The summed E-state index contributed by atoms with van der Waals surface area (Å²) in [5.41, 5.74) is 3.93. The zero-order valence-corrected chi connectivity index (χ0v) is 26.9. The number of anilines is 2. The summed E-state index contributed by atoms with van der Waals surface area (Å²) < 4.78 is 0. The molecule has 236 valence electrons. The van der Waals surface area contributed by atoms with Crippen molar-refractivity contribution in [3.05, 3.63) is 94.0 Å². The summed E-state index contributed by atoms with van der Waals surface area (Å²) in [5.74, 6) is 2.30. The zero-order chi connectivity index (χ0) is 31.6. The van der Waals surface area contributed by atoms with Crippen LogP contribution in [0.2, 0.25) is 5.02 Å². The Labute approximate surface area is 271 Å². The third kappa shape index (κ3) is 8.72. The van der Waals surface area contributed by atoms with Crippen LogP contribution in [0.3, 0.4) is 0 Å². The van der Waals surface area contributed by atoms with E-state index in [1.165, 1.54) is 44.6 Å². The molecule has 3 aromatic carbocycles. The zero-order valence-electron chi connectivity index (χ0n) is 26.2. The van der Waals surface area contributed by atoms with Crippen molar-refractivity contribution in [2.24, 2.45) is 21.8 Å². The van der Waals surface area contributed by atoms with Gasteiger partial charge in [0.1, 0.15) is 11.7 Å². The average Bonchev–Trinajstić information content (AvgIpc) is 3.07. The van der Waals surface area contributed by atoms with E-state index >= 15 is 0 Å². The summed E-state index contributed by atoms with van der Waals surface area (Å²) in [5, 5.41) is 12.9. The van der Waals surface area contributed by atoms with Gasteiger partial charge in [-0.15, -0.1) is 0 Å². The normalized spacial score (nSPS) is 17.8. The maximum absolute atomic E-state index is 13.0. The van der Waals surface area contributed by atoms with Gasteiger partial charge >= 0.3 is 0 Å². The molecule has 0 fully saturated rings. The van der Waals surface area contributed by atoms with Crippen LogP contribution in [0.5, 0.6) is 0 Å². The number of carbonyl (C=O) groups is 2. The summed E-state index contributed by atoms with van der Waals surface area (Å²) in [7, 11) is 0. The second-order valence-corrected chi connectivity index (χ2v) is 12.3. The fourth-order valence-corrected chi connectivity index (χ4v) is 5.85. The number of aliphatic imine (C=N–C) groups is 2. The van der Waals surface area contributed by atoms with Gasteiger partial charge in [0.25, 0.3) is 11.8 Å². The molecule has 45 heavy (non-hydrogen) atoms. The molecular formula is C36H43ClN6O2. The van der Waals surface area contributed by atoms with Crippen molar-refractivity contribution < 1.29 is 9.59 Å². The number of hydrogen-bond donors (Lipinski definition) is 4. The molecule has 0 saturated heterocycles. The van der Waals surface area contributed by atoms with Crippen LogP contribution in [0.4, 0.5) is 11.4 Å². The SMILES string of the molecule is CCCCC1CN=C(c2ccc(NC(=O)c3ccc(C(=O)Nc4ccc(C5=NCC(CCCC)CN5)cc4)c(Cl)c3)cc2)NC1. The summed E-state index contributed by atoms with van der Waals surface area (Å²) in [4.78, 5) is 35.4. The maximum atomic E-state index is 13.0. The first-order valence-corrected chi connectivity index (χ1v) is 16.5. The highest BCUT2D eigenvalue weighted by Gasteiger charge is 2.18. The molecule has 0 saturated carbocycles. The molecule has 5 rings (SSSR count). The Kier molecular flexibility index (Phi) is 11.3. The molecule has 3 aromatic rings. The van der Waals surface area contributed by atoms with Crippen molar-refractivity contribution in [1.29, 1.82) is 0 Å². The molecule has 8 nitrogen and oxygen atoms in total. The van der Waals surface area contributed by atoms with Crippen molar-refractivity contribution in [3.63, 3.8) is 0 Å². The Morgan fingerprint density at radius 1 is 0.733 bits per heavy atom. The number of carbonyl (C=O) groups excluding carboxylic acids is 2. The number of nitrogens with one attached hydrogen (secondary N) is 4. The van der Waals surface area contributed by atoms with Crippen molar-refractivity contribution in [2.45, 2.75) is 52.4 Å². The Bertz CT molecular complexity index is 1530. The molecule has 0 bridgehead atoms. The lowest BCUT2D eigenvalue weighted by molar-refractivity contribution is 0.101. The average molecular weight is 627 g/mol. The van der Waals surface area contributed by atoms with Crippen LogP contribution in [-0.2, 0) is 0 Å². The van der Waals surface area contributed by atoms with Gasteiger partial charge in [-0.05, 0) is 91.4 Å². The standard InChI is InChI=1S/C36H43ClN6O2/c1-3-5-7-24-20-38-33(39-21-24)26-9-14-29(15-10-26)42-35(44)28-13-18-31(32(37)19-28)36(45)43-30-16-11-27(12-17-30)34-40-22-25(23-41-34)8-6-4-2/h9-19,24-25H,3-8,20-23H2,1-2H3,(H,38,39)(H,40,41)(H,42,44)(H,43,45). The molecule has 0 radical (unpaired) electrons. The number of amidine groups is 2. The highest BCUT2D eigenvalue weighted by Crippen LogP contribution is 2.22. The van der Waals surface area contributed by atoms with Gasteiger partial charge in [0.2, 0.25) is 0 Å². The first-order valence-electron chi connectivity index (χ1n) is 16.1. The van der Waals surface area contributed by atoms with E-state index in [0.717, 1.165) is 49.0 Å². The lowest BCUT2D eigenvalue weighted by Crippen LogP contribution is -2.36. The Balaban J connectivity index is 1.14. The molecule has 0 aliphatic carbocycles. The molecule has 9 heteroatoms. The lowest BCUT2D eigenvalue weighted by Gasteiger charge is -2.23. The van der Waals surface area contributed by atoms with Crippen LogP contribution in [0, 0.1) is 11.8 Å². The molecule has 4 N–H and O–H groups in total. The highest BCUT2D eigenvalue weighted by atomic mass is 35.5. The molecule has 0 aromatic heterocycles. The minimum Gasteiger partial charge on any atom is -0.370 e. The summed E-state index contributed by atoms with van der Waals surface area (Å²) in [6.07, 6.45) is 7.27. The molecule has 2 amide bonds. The Morgan fingerprint density at radius 3 is 1.64 bits per heavy atom. The van der Waals surface area contributed by atoms with E-state index in [2.05, 4.69) is 35.1 Å². The predicted octanol–water partition coefficient (Wildman–Crippen LogP) is 7.16. The van der Waals surface area contributed by atoms with Crippen LogP contribution in [0.25, 0.3) is 0 Å². The van der Waals surface area contributed by atoms with Crippen molar-refractivity contribution in [2.75, 3.05) is 36.8 Å². The molecule has 2 aliphatic rings. The fraction of sp³-hybridized carbons (Fsp3) is 0.389. The Morgan fingerprint density at radius 2 is 1.22 bits per heavy atom. The van der Waals surface area contributed by atoms with Gasteiger partial charge in [0, 0.05) is 54.2 Å². The molecule has 2 aliphatic heterocycles. The number of rotatable bonds is 12. The van der Waals surface area contributed by atoms with Gasteiger partial charge in [0.05, 0.1) is 10.6 Å². The summed E-state index contributed by atoms with van der Waals surface area (Å²) in [6.45, 7) is 7.98. The molecule has 2 heterocycles. The number of hydrogen-bond acceptors (Lipinski definition) is 6. The maximum Gasteiger partial charge on any atom is 0.257 e. The fourth-order valence-electron chi connectivity index (χ4n) is 5.59. The van der Waals surface area contributed by atoms with E-state index in [4.69, 9.17) is 21.6 Å². The minimum atomic E-state index is -0.349. The van der Waals surface area contributed by atoms with E-state index in [0.29, 0.717) is 28.8 Å². The molecule has 2 unspecified atom stereocenters. The number of amides is 2. The van der Waals surface area contributed by atoms with E-state index in [-0.39, 0.29) is 22.4 Å². The number of halogens is 1. The van der Waals surface area contributed by atoms with E-state index < -0.39 is 0 Å². The molecule has 2 atom stereocenters. The van der Waals surface area contributed by atoms with Crippen LogP contribution in [-0.4, -0.2) is 49.7 Å². The number of benzene rings is 3. The molecule has 0 spiro atoms.